The second kappa shape index (κ2) is 10.1. The molecule has 0 aromatic heterocycles. The summed E-state index contributed by atoms with van der Waals surface area (Å²) in [4.78, 5) is 10.6. The van der Waals surface area contributed by atoms with Gasteiger partial charge in [-0.2, -0.15) is 11.8 Å². The highest BCUT2D eigenvalue weighted by Crippen LogP contribution is 2.07. The maximum Gasteiger partial charge on any atom is 0.129 e. The molecule has 0 spiro atoms. The molecular formula is C10H20O2S. The number of thioether (sulfide) groups is 1. The van der Waals surface area contributed by atoms with Gasteiger partial charge in [0.2, 0.25) is 0 Å². The Balaban J connectivity index is 2.87. The molecule has 0 radical (unpaired) electrons. The SMILES string of the molecule is COCCCSCCCCC(C)=O. The zero-order chi connectivity index (χ0) is 9.94. The maximum atomic E-state index is 10.6. The number of ketones is 1. The molecule has 0 fully saturated rings. The Bertz CT molecular complexity index is 126. The summed E-state index contributed by atoms with van der Waals surface area (Å²) in [6.07, 6.45) is 4.09. The molecule has 0 heterocycles. The van der Waals surface area contributed by atoms with Gasteiger partial charge in [0.1, 0.15) is 5.78 Å². The first-order chi connectivity index (χ1) is 6.27. The highest BCUT2D eigenvalue weighted by atomic mass is 32.2. The zero-order valence-corrected chi connectivity index (χ0v) is 9.49. The third-order valence-corrected chi connectivity index (χ3v) is 2.86. The van der Waals surface area contributed by atoms with Gasteiger partial charge >= 0.3 is 0 Å². The van der Waals surface area contributed by atoms with Crippen LogP contribution in [0.5, 0.6) is 0 Å². The van der Waals surface area contributed by atoms with Crippen molar-refractivity contribution in [1.29, 1.82) is 0 Å². The maximum absolute atomic E-state index is 10.6. The van der Waals surface area contributed by atoms with Gasteiger partial charge in [0.25, 0.3) is 0 Å². The molecule has 0 aliphatic rings. The summed E-state index contributed by atoms with van der Waals surface area (Å²) in [5, 5.41) is 0. The molecule has 0 amide bonds. The number of Topliss-reactive ketones (excluding diaryl/α,β-unsaturated/α-hetero) is 1. The monoisotopic (exact) mass is 204 g/mol. The van der Waals surface area contributed by atoms with Crippen LogP contribution in [-0.2, 0) is 9.53 Å². The van der Waals surface area contributed by atoms with E-state index in [0.717, 1.165) is 32.3 Å². The molecule has 0 saturated carbocycles. The van der Waals surface area contributed by atoms with Gasteiger partial charge < -0.3 is 9.53 Å². The van der Waals surface area contributed by atoms with Crippen LogP contribution in [0.15, 0.2) is 0 Å². The lowest BCUT2D eigenvalue weighted by atomic mass is 10.2. The zero-order valence-electron chi connectivity index (χ0n) is 8.67. The van der Waals surface area contributed by atoms with Crippen LogP contribution in [0.1, 0.15) is 32.6 Å². The van der Waals surface area contributed by atoms with E-state index in [9.17, 15) is 4.79 Å². The van der Waals surface area contributed by atoms with Crippen LogP contribution in [0.2, 0.25) is 0 Å². The Morgan fingerprint density at radius 2 is 1.92 bits per heavy atom. The van der Waals surface area contributed by atoms with Crippen LogP contribution in [0, 0.1) is 0 Å². The summed E-state index contributed by atoms with van der Waals surface area (Å²) < 4.78 is 4.94. The average molecular weight is 204 g/mol. The second-order valence-corrected chi connectivity index (χ2v) is 4.34. The lowest BCUT2D eigenvalue weighted by molar-refractivity contribution is -0.117. The quantitative estimate of drug-likeness (QED) is 0.540. The molecule has 13 heavy (non-hydrogen) atoms. The molecule has 0 rings (SSSR count). The Hall–Kier alpha value is -0.0200. The molecule has 3 heteroatoms. The minimum atomic E-state index is 0.310. The van der Waals surface area contributed by atoms with Crippen molar-refractivity contribution in [3.8, 4) is 0 Å². The highest BCUT2D eigenvalue weighted by Gasteiger charge is 1.94. The summed E-state index contributed by atoms with van der Waals surface area (Å²) in [7, 11) is 1.73. The van der Waals surface area contributed by atoms with Crippen molar-refractivity contribution in [2.45, 2.75) is 32.6 Å². The molecule has 0 unspecified atom stereocenters. The first-order valence-corrected chi connectivity index (χ1v) is 5.99. The molecule has 78 valence electrons. The van der Waals surface area contributed by atoms with E-state index in [1.54, 1.807) is 14.0 Å². The molecule has 0 saturated heterocycles. The third kappa shape index (κ3) is 12.0. The highest BCUT2D eigenvalue weighted by molar-refractivity contribution is 7.99. The fourth-order valence-corrected chi connectivity index (χ4v) is 1.92. The number of hydrogen-bond donors (Lipinski definition) is 0. The van der Waals surface area contributed by atoms with Crippen molar-refractivity contribution in [3.05, 3.63) is 0 Å². The molecule has 0 atom stereocenters. The minimum absolute atomic E-state index is 0.310. The largest absolute Gasteiger partial charge is 0.385 e. The van der Waals surface area contributed by atoms with E-state index in [0.29, 0.717) is 5.78 Å². The van der Waals surface area contributed by atoms with Crippen LogP contribution in [0.4, 0.5) is 0 Å². The van der Waals surface area contributed by atoms with Gasteiger partial charge in [0.05, 0.1) is 0 Å². The van der Waals surface area contributed by atoms with Crippen molar-refractivity contribution in [3.63, 3.8) is 0 Å². The van der Waals surface area contributed by atoms with Crippen molar-refractivity contribution < 1.29 is 9.53 Å². The number of carbonyl (C=O) groups is 1. The lowest BCUT2D eigenvalue weighted by Crippen LogP contribution is -1.93. The predicted octanol–water partition coefficient (Wildman–Crippen LogP) is 2.52. The number of rotatable bonds is 9. The van der Waals surface area contributed by atoms with Crippen molar-refractivity contribution in [2.75, 3.05) is 25.2 Å². The van der Waals surface area contributed by atoms with Crippen LogP contribution in [0.25, 0.3) is 0 Å². The van der Waals surface area contributed by atoms with E-state index in [4.69, 9.17) is 4.74 Å². The number of ether oxygens (including phenoxy) is 1. The Kier molecular flexibility index (Phi) is 10.0. The Morgan fingerprint density at radius 3 is 2.54 bits per heavy atom. The van der Waals surface area contributed by atoms with Crippen molar-refractivity contribution >= 4 is 17.5 Å². The number of unbranched alkanes of at least 4 members (excludes halogenated alkanes) is 1. The summed E-state index contributed by atoms with van der Waals surface area (Å²) in [6, 6.07) is 0. The molecular weight excluding hydrogens is 184 g/mol. The first kappa shape index (κ1) is 13.0. The average Bonchev–Trinajstić information content (AvgIpc) is 2.09. The van der Waals surface area contributed by atoms with E-state index >= 15 is 0 Å². The van der Waals surface area contributed by atoms with E-state index in [2.05, 4.69) is 0 Å². The second-order valence-electron chi connectivity index (χ2n) is 3.12. The van der Waals surface area contributed by atoms with Gasteiger partial charge in [0, 0.05) is 20.1 Å². The molecule has 2 nitrogen and oxygen atoms in total. The molecule has 0 aromatic rings. The van der Waals surface area contributed by atoms with Gasteiger partial charge in [-0.05, 0) is 37.7 Å². The van der Waals surface area contributed by atoms with Gasteiger partial charge in [0.15, 0.2) is 0 Å². The minimum Gasteiger partial charge on any atom is -0.385 e. The number of hydrogen-bond acceptors (Lipinski definition) is 3. The number of carbonyl (C=O) groups excluding carboxylic acids is 1. The Labute approximate surface area is 85.4 Å². The van der Waals surface area contributed by atoms with Crippen LogP contribution < -0.4 is 0 Å². The van der Waals surface area contributed by atoms with Crippen molar-refractivity contribution in [2.24, 2.45) is 0 Å². The summed E-state index contributed by atoms with van der Waals surface area (Å²) >= 11 is 1.95. The van der Waals surface area contributed by atoms with E-state index in [1.807, 2.05) is 11.8 Å². The van der Waals surface area contributed by atoms with Crippen LogP contribution >= 0.6 is 11.8 Å². The molecule has 0 bridgehead atoms. The van der Waals surface area contributed by atoms with Crippen molar-refractivity contribution in [1.82, 2.24) is 0 Å². The molecule has 0 aromatic carbocycles. The van der Waals surface area contributed by atoms with E-state index in [1.165, 1.54) is 11.5 Å². The number of methoxy groups -OCH3 is 1. The fourth-order valence-electron chi connectivity index (χ4n) is 0.985. The summed E-state index contributed by atoms with van der Waals surface area (Å²) in [5.74, 6) is 2.66. The Morgan fingerprint density at radius 1 is 1.23 bits per heavy atom. The third-order valence-electron chi connectivity index (χ3n) is 1.70. The van der Waals surface area contributed by atoms with Crippen LogP contribution in [0.3, 0.4) is 0 Å². The smallest absolute Gasteiger partial charge is 0.129 e. The predicted molar refractivity (Wildman–Crippen MR) is 58.4 cm³/mol. The standard InChI is InChI=1S/C10H20O2S/c1-10(11)6-3-4-8-13-9-5-7-12-2/h3-9H2,1-2H3. The van der Waals surface area contributed by atoms with Gasteiger partial charge in [-0.1, -0.05) is 0 Å². The topological polar surface area (TPSA) is 26.3 Å². The molecule has 0 N–H and O–H groups in total. The lowest BCUT2D eigenvalue weighted by Gasteiger charge is -2.00. The normalized spacial score (nSPS) is 10.3. The summed E-state index contributed by atoms with van der Waals surface area (Å²) in [5.41, 5.74) is 0. The first-order valence-electron chi connectivity index (χ1n) is 4.83. The molecule has 0 aliphatic carbocycles. The van der Waals surface area contributed by atoms with Gasteiger partial charge in [-0.3, -0.25) is 0 Å². The van der Waals surface area contributed by atoms with Crippen LogP contribution in [-0.4, -0.2) is 31.0 Å². The van der Waals surface area contributed by atoms with E-state index in [-0.39, 0.29) is 0 Å². The van der Waals surface area contributed by atoms with Gasteiger partial charge in [-0.25, -0.2) is 0 Å². The summed E-state index contributed by atoms with van der Waals surface area (Å²) in [6.45, 7) is 2.52. The fraction of sp³-hybridized carbons (Fsp3) is 0.900. The van der Waals surface area contributed by atoms with Gasteiger partial charge in [-0.15, -0.1) is 0 Å². The molecule has 0 aliphatic heterocycles. The van der Waals surface area contributed by atoms with E-state index < -0.39 is 0 Å².